The number of nitrogens with two attached hydrogens (primary N) is 1. The summed E-state index contributed by atoms with van der Waals surface area (Å²) in [6.07, 6.45) is 0. The smallest absolute Gasteiger partial charge is 0.198 e. The summed E-state index contributed by atoms with van der Waals surface area (Å²) in [7, 11) is 0. The van der Waals surface area contributed by atoms with E-state index in [1.165, 1.54) is 23.2 Å². The van der Waals surface area contributed by atoms with Gasteiger partial charge in [-0.05, 0) is 30.3 Å². The number of aliphatic imine (C=N–C) groups is 1. The SMILES string of the molecule is NN1CN=C(c2ccc(F)cc2)C2=C1c1c(O)cccc1C2=O. The van der Waals surface area contributed by atoms with Gasteiger partial charge in [0, 0.05) is 11.1 Å². The van der Waals surface area contributed by atoms with Crippen LogP contribution in [0.1, 0.15) is 21.5 Å². The van der Waals surface area contributed by atoms with E-state index in [0.29, 0.717) is 33.7 Å². The first-order valence-corrected chi connectivity index (χ1v) is 7.02. The number of allylic oxidation sites excluding steroid dienone is 1. The molecule has 0 spiro atoms. The van der Waals surface area contributed by atoms with Crippen LogP contribution < -0.4 is 5.84 Å². The minimum atomic E-state index is -0.363. The molecule has 0 fully saturated rings. The largest absolute Gasteiger partial charge is 0.507 e. The summed E-state index contributed by atoms with van der Waals surface area (Å²) in [5, 5.41) is 11.5. The lowest BCUT2D eigenvalue weighted by Gasteiger charge is -2.25. The van der Waals surface area contributed by atoms with Crippen LogP contribution in [0.3, 0.4) is 0 Å². The Morgan fingerprint density at radius 2 is 1.91 bits per heavy atom. The van der Waals surface area contributed by atoms with Crippen molar-refractivity contribution in [2.75, 3.05) is 6.67 Å². The minimum Gasteiger partial charge on any atom is -0.507 e. The summed E-state index contributed by atoms with van der Waals surface area (Å²) >= 11 is 0. The Balaban J connectivity index is 1.94. The maximum absolute atomic E-state index is 13.1. The van der Waals surface area contributed by atoms with Crippen LogP contribution in [0.5, 0.6) is 5.75 Å². The number of aromatic hydroxyl groups is 1. The van der Waals surface area contributed by atoms with Crippen molar-refractivity contribution < 1.29 is 14.3 Å². The average Bonchev–Trinajstić information content (AvgIpc) is 2.85. The number of ketones is 1. The number of rotatable bonds is 1. The van der Waals surface area contributed by atoms with Gasteiger partial charge >= 0.3 is 0 Å². The molecule has 1 heterocycles. The molecule has 0 unspecified atom stereocenters. The van der Waals surface area contributed by atoms with Crippen LogP contribution in [0, 0.1) is 5.82 Å². The lowest BCUT2D eigenvalue weighted by molar-refractivity contribution is 0.104. The number of hydrazine groups is 1. The number of benzene rings is 2. The van der Waals surface area contributed by atoms with Crippen molar-refractivity contribution in [3.8, 4) is 5.75 Å². The molecule has 0 atom stereocenters. The van der Waals surface area contributed by atoms with Gasteiger partial charge in [-0.3, -0.25) is 14.8 Å². The third-order valence-electron chi connectivity index (χ3n) is 4.01. The topological polar surface area (TPSA) is 78.9 Å². The van der Waals surface area contributed by atoms with E-state index in [2.05, 4.69) is 4.99 Å². The maximum Gasteiger partial charge on any atom is 0.198 e. The fraction of sp³-hybridized carbons (Fsp3) is 0.0588. The average molecular weight is 309 g/mol. The van der Waals surface area contributed by atoms with Crippen LogP contribution in [-0.4, -0.2) is 28.3 Å². The molecule has 3 N–H and O–H groups in total. The highest BCUT2D eigenvalue weighted by Crippen LogP contribution is 2.42. The van der Waals surface area contributed by atoms with E-state index < -0.39 is 0 Å². The van der Waals surface area contributed by atoms with Crippen LogP contribution in [0.4, 0.5) is 4.39 Å². The molecular weight excluding hydrogens is 297 g/mol. The maximum atomic E-state index is 13.1. The third-order valence-corrected chi connectivity index (χ3v) is 4.01. The number of halogens is 1. The van der Waals surface area contributed by atoms with E-state index in [-0.39, 0.29) is 24.0 Å². The highest BCUT2D eigenvalue weighted by atomic mass is 19.1. The molecule has 2 aliphatic rings. The molecule has 0 saturated heterocycles. The number of hydrogen-bond donors (Lipinski definition) is 2. The van der Waals surface area contributed by atoms with Gasteiger partial charge < -0.3 is 5.11 Å². The van der Waals surface area contributed by atoms with Gasteiger partial charge in [0.25, 0.3) is 0 Å². The number of hydrogen-bond acceptors (Lipinski definition) is 5. The molecule has 2 aromatic rings. The Bertz CT molecular complexity index is 901. The van der Waals surface area contributed by atoms with Gasteiger partial charge in [-0.1, -0.05) is 12.1 Å². The number of phenols is 1. The standard InChI is InChI=1S/C17H12FN3O2/c18-10-6-4-9(5-7-10)15-14-16(21(19)8-20-15)13-11(17(14)23)2-1-3-12(13)22/h1-7,22H,8,19H2. The zero-order valence-corrected chi connectivity index (χ0v) is 12.0. The Labute approximate surface area is 131 Å². The molecule has 23 heavy (non-hydrogen) atoms. The minimum absolute atomic E-state index is 0.00310. The normalized spacial score (nSPS) is 16.3. The summed E-state index contributed by atoms with van der Waals surface area (Å²) in [6, 6.07) is 10.5. The quantitative estimate of drug-likeness (QED) is 0.791. The molecule has 4 rings (SSSR count). The van der Waals surface area contributed by atoms with E-state index in [1.807, 2.05) is 0 Å². The second-order valence-electron chi connectivity index (χ2n) is 5.38. The van der Waals surface area contributed by atoms with Gasteiger partial charge in [0.1, 0.15) is 18.2 Å². The van der Waals surface area contributed by atoms with Crippen LogP contribution in [0.25, 0.3) is 5.70 Å². The zero-order chi connectivity index (χ0) is 16.1. The van der Waals surface area contributed by atoms with Crippen molar-refractivity contribution >= 4 is 17.2 Å². The number of phenolic OH excluding ortho intramolecular Hbond substituents is 1. The number of carbonyl (C=O) groups is 1. The first-order valence-electron chi connectivity index (χ1n) is 7.02. The predicted molar refractivity (Wildman–Crippen MR) is 83.2 cm³/mol. The van der Waals surface area contributed by atoms with Crippen LogP contribution in [-0.2, 0) is 0 Å². The van der Waals surface area contributed by atoms with Crippen LogP contribution in [0.2, 0.25) is 0 Å². The molecule has 1 aliphatic heterocycles. The van der Waals surface area contributed by atoms with Gasteiger partial charge in [-0.2, -0.15) is 0 Å². The lowest BCUT2D eigenvalue weighted by Crippen LogP contribution is -2.34. The van der Waals surface area contributed by atoms with Gasteiger partial charge in [-0.25, -0.2) is 10.2 Å². The Morgan fingerprint density at radius 3 is 2.65 bits per heavy atom. The molecule has 0 aromatic heterocycles. The molecule has 114 valence electrons. The molecule has 0 bridgehead atoms. The Hall–Kier alpha value is -2.99. The fourth-order valence-electron chi connectivity index (χ4n) is 2.99. The Morgan fingerprint density at radius 1 is 1.17 bits per heavy atom. The summed E-state index contributed by atoms with van der Waals surface area (Å²) in [5.41, 5.74) is 2.70. The summed E-state index contributed by atoms with van der Waals surface area (Å²) in [6.45, 7) is 0.145. The highest BCUT2D eigenvalue weighted by Gasteiger charge is 2.38. The molecule has 0 radical (unpaired) electrons. The number of nitrogens with zero attached hydrogens (tertiary/aromatic N) is 2. The van der Waals surface area contributed by atoms with Crippen molar-refractivity contribution in [3.63, 3.8) is 0 Å². The Kier molecular flexibility index (Phi) is 2.82. The first kappa shape index (κ1) is 13.7. The highest BCUT2D eigenvalue weighted by molar-refractivity contribution is 6.40. The molecule has 0 saturated carbocycles. The number of Topliss-reactive ketones (excluding diaryl/α,β-unsaturated/α-hetero) is 1. The van der Waals surface area contributed by atoms with Crippen molar-refractivity contribution in [1.29, 1.82) is 0 Å². The molecule has 0 amide bonds. The van der Waals surface area contributed by atoms with E-state index in [9.17, 15) is 14.3 Å². The summed E-state index contributed by atoms with van der Waals surface area (Å²) < 4.78 is 13.1. The van der Waals surface area contributed by atoms with E-state index >= 15 is 0 Å². The van der Waals surface area contributed by atoms with Crippen molar-refractivity contribution in [2.45, 2.75) is 0 Å². The third kappa shape index (κ3) is 1.89. The van der Waals surface area contributed by atoms with Gasteiger partial charge in [-0.15, -0.1) is 0 Å². The summed E-state index contributed by atoms with van der Waals surface area (Å²) in [4.78, 5) is 17.1. The van der Waals surface area contributed by atoms with Crippen LogP contribution in [0.15, 0.2) is 53.0 Å². The fourth-order valence-corrected chi connectivity index (χ4v) is 2.99. The van der Waals surface area contributed by atoms with Crippen molar-refractivity contribution in [2.24, 2.45) is 10.8 Å². The van der Waals surface area contributed by atoms with E-state index in [4.69, 9.17) is 5.84 Å². The summed E-state index contributed by atoms with van der Waals surface area (Å²) in [5.74, 6) is 5.36. The second-order valence-corrected chi connectivity index (χ2v) is 5.38. The van der Waals surface area contributed by atoms with E-state index in [1.54, 1.807) is 24.3 Å². The van der Waals surface area contributed by atoms with Crippen molar-refractivity contribution in [1.82, 2.24) is 5.01 Å². The number of fused-ring (bicyclic) bond motifs is 2. The lowest BCUT2D eigenvalue weighted by atomic mass is 9.98. The number of carbonyl (C=O) groups excluding carboxylic acids is 1. The predicted octanol–water partition coefficient (Wildman–Crippen LogP) is 2.07. The van der Waals surface area contributed by atoms with Crippen LogP contribution >= 0.6 is 0 Å². The van der Waals surface area contributed by atoms with Gasteiger partial charge in [0.15, 0.2) is 5.78 Å². The van der Waals surface area contributed by atoms with E-state index in [0.717, 1.165) is 0 Å². The van der Waals surface area contributed by atoms with Gasteiger partial charge in [0.05, 0.1) is 22.5 Å². The first-order chi connectivity index (χ1) is 11.1. The van der Waals surface area contributed by atoms with Gasteiger partial charge in [0.2, 0.25) is 0 Å². The monoisotopic (exact) mass is 309 g/mol. The molecule has 2 aromatic carbocycles. The second kappa shape index (κ2) is 4.76. The molecular formula is C17H12FN3O2. The zero-order valence-electron chi connectivity index (χ0n) is 12.0. The van der Waals surface area contributed by atoms with Crippen molar-refractivity contribution in [3.05, 3.63) is 70.5 Å². The molecule has 1 aliphatic carbocycles. The molecule has 5 nitrogen and oxygen atoms in total. The molecule has 6 heteroatoms.